The quantitative estimate of drug-likeness (QED) is 0.662. The fraction of sp³-hybridized carbons (Fsp3) is 0.909. The number of likely N-dealkylation sites (N-methyl/N-ethyl adjacent to an activating group) is 1. The standard InChI is InChI=1S/C11H21N3O2/c1-13-6-7-14(8-10(13)11(15)16)9-2-4-12-5-3-9/h9-10,12H,2-8H2,1H3,(H,15,16). The van der Waals surface area contributed by atoms with Crippen LogP contribution in [-0.4, -0.2) is 72.7 Å². The number of rotatable bonds is 2. The molecule has 0 bridgehead atoms. The summed E-state index contributed by atoms with van der Waals surface area (Å²) in [6.07, 6.45) is 2.30. The van der Waals surface area contributed by atoms with Crippen LogP contribution >= 0.6 is 0 Å². The molecule has 5 heteroatoms. The topological polar surface area (TPSA) is 55.8 Å². The lowest BCUT2D eigenvalue weighted by atomic mass is 10.0. The van der Waals surface area contributed by atoms with E-state index in [1.54, 1.807) is 0 Å². The van der Waals surface area contributed by atoms with Gasteiger partial charge in [-0.25, -0.2) is 0 Å². The molecule has 0 aliphatic carbocycles. The SMILES string of the molecule is CN1CCN(C2CCNCC2)CC1C(=O)O. The van der Waals surface area contributed by atoms with Crippen molar-refractivity contribution in [1.82, 2.24) is 15.1 Å². The van der Waals surface area contributed by atoms with Crippen LogP contribution in [0.4, 0.5) is 0 Å². The van der Waals surface area contributed by atoms with Crippen molar-refractivity contribution in [2.75, 3.05) is 39.8 Å². The Balaban J connectivity index is 1.93. The van der Waals surface area contributed by atoms with Crippen molar-refractivity contribution in [1.29, 1.82) is 0 Å². The van der Waals surface area contributed by atoms with E-state index in [4.69, 9.17) is 5.11 Å². The van der Waals surface area contributed by atoms with Gasteiger partial charge in [-0.3, -0.25) is 14.6 Å². The van der Waals surface area contributed by atoms with E-state index in [0.29, 0.717) is 12.6 Å². The molecule has 0 aromatic carbocycles. The molecule has 2 N–H and O–H groups in total. The number of nitrogens with one attached hydrogen (secondary N) is 1. The highest BCUT2D eigenvalue weighted by Gasteiger charge is 2.33. The Bertz CT molecular complexity index is 254. The van der Waals surface area contributed by atoms with Crippen LogP contribution in [0.15, 0.2) is 0 Å². The molecular weight excluding hydrogens is 206 g/mol. The van der Waals surface area contributed by atoms with E-state index in [0.717, 1.165) is 39.0 Å². The molecule has 2 saturated heterocycles. The molecule has 2 aliphatic rings. The maximum atomic E-state index is 11.1. The predicted molar refractivity (Wildman–Crippen MR) is 61.5 cm³/mol. The second-order valence-electron chi connectivity index (χ2n) is 4.81. The molecule has 0 spiro atoms. The fourth-order valence-corrected chi connectivity index (χ4v) is 2.66. The van der Waals surface area contributed by atoms with Gasteiger partial charge < -0.3 is 10.4 Å². The third kappa shape index (κ3) is 2.53. The highest BCUT2D eigenvalue weighted by molar-refractivity contribution is 5.73. The van der Waals surface area contributed by atoms with Gasteiger partial charge >= 0.3 is 5.97 Å². The second-order valence-corrected chi connectivity index (χ2v) is 4.81. The van der Waals surface area contributed by atoms with Gasteiger partial charge in [0, 0.05) is 25.7 Å². The van der Waals surface area contributed by atoms with Crippen LogP contribution in [0, 0.1) is 0 Å². The predicted octanol–water partition coefficient (Wildman–Crippen LogP) is -0.561. The number of hydrogen-bond donors (Lipinski definition) is 2. The average molecular weight is 227 g/mol. The number of piperidine rings is 1. The summed E-state index contributed by atoms with van der Waals surface area (Å²) < 4.78 is 0. The van der Waals surface area contributed by atoms with Crippen LogP contribution in [0.1, 0.15) is 12.8 Å². The smallest absolute Gasteiger partial charge is 0.322 e. The number of hydrogen-bond acceptors (Lipinski definition) is 4. The first-order valence-electron chi connectivity index (χ1n) is 6.06. The zero-order valence-corrected chi connectivity index (χ0v) is 9.85. The molecule has 2 fully saturated rings. The Morgan fingerprint density at radius 3 is 2.62 bits per heavy atom. The zero-order chi connectivity index (χ0) is 11.5. The number of aliphatic carboxylic acids is 1. The van der Waals surface area contributed by atoms with Crippen LogP contribution < -0.4 is 5.32 Å². The van der Waals surface area contributed by atoms with Gasteiger partial charge in [0.1, 0.15) is 6.04 Å². The Labute approximate surface area is 96.4 Å². The Kier molecular flexibility index (Phi) is 3.78. The maximum Gasteiger partial charge on any atom is 0.322 e. The number of piperazine rings is 1. The Morgan fingerprint density at radius 2 is 2.00 bits per heavy atom. The van der Waals surface area contributed by atoms with Crippen LogP contribution in [0.25, 0.3) is 0 Å². The van der Waals surface area contributed by atoms with Crippen molar-refractivity contribution in [2.45, 2.75) is 24.9 Å². The molecule has 0 aromatic heterocycles. The number of carboxylic acid groups (broad SMARTS) is 1. The van der Waals surface area contributed by atoms with E-state index in [1.165, 1.54) is 0 Å². The molecule has 0 radical (unpaired) electrons. The second kappa shape index (κ2) is 5.12. The molecule has 1 unspecified atom stereocenters. The van der Waals surface area contributed by atoms with E-state index >= 15 is 0 Å². The van der Waals surface area contributed by atoms with Gasteiger partial charge in [0.15, 0.2) is 0 Å². The van der Waals surface area contributed by atoms with E-state index in [9.17, 15) is 4.79 Å². The first-order valence-corrected chi connectivity index (χ1v) is 6.06. The summed E-state index contributed by atoms with van der Waals surface area (Å²) in [7, 11) is 1.90. The third-order valence-electron chi connectivity index (χ3n) is 3.79. The van der Waals surface area contributed by atoms with Gasteiger partial charge in [0.25, 0.3) is 0 Å². The third-order valence-corrected chi connectivity index (χ3v) is 3.79. The Hall–Kier alpha value is -0.650. The molecule has 2 aliphatic heterocycles. The van der Waals surface area contributed by atoms with Crippen molar-refractivity contribution in [3.05, 3.63) is 0 Å². The van der Waals surface area contributed by atoms with Gasteiger partial charge in [0.2, 0.25) is 0 Å². The molecule has 0 aromatic rings. The molecule has 1 atom stereocenters. The van der Waals surface area contributed by atoms with Crippen molar-refractivity contribution < 1.29 is 9.90 Å². The molecule has 92 valence electrons. The molecule has 5 nitrogen and oxygen atoms in total. The number of carboxylic acids is 1. The fourth-order valence-electron chi connectivity index (χ4n) is 2.66. The molecule has 2 rings (SSSR count). The van der Waals surface area contributed by atoms with Crippen LogP contribution in [-0.2, 0) is 4.79 Å². The van der Waals surface area contributed by atoms with Crippen molar-refractivity contribution in [3.63, 3.8) is 0 Å². The van der Waals surface area contributed by atoms with E-state index < -0.39 is 5.97 Å². The normalized spacial score (nSPS) is 30.4. The summed E-state index contributed by atoms with van der Waals surface area (Å²) in [4.78, 5) is 15.4. The highest BCUT2D eigenvalue weighted by atomic mass is 16.4. The van der Waals surface area contributed by atoms with Gasteiger partial charge in [-0.15, -0.1) is 0 Å². The minimum absolute atomic E-state index is 0.330. The average Bonchev–Trinajstić information content (AvgIpc) is 2.30. The number of nitrogens with zero attached hydrogens (tertiary/aromatic N) is 2. The van der Waals surface area contributed by atoms with Gasteiger partial charge in [-0.1, -0.05) is 0 Å². The maximum absolute atomic E-state index is 11.1. The largest absolute Gasteiger partial charge is 0.480 e. The molecule has 0 saturated carbocycles. The lowest BCUT2D eigenvalue weighted by Gasteiger charge is -2.42. The summed E-state index contributed by atoms with van der Waals surface area (Å²) in [6, 6.07) is 0.250. The summed E-state index contributed by atoms with van der Waals surface area (Å²) in [5.74, 6) is -0.693. The molecular formula is C11H21N3O2. The molecule has 2 heterocycles. The van der Waals surface area contributed by atoms with Crippen LogP contribution in [0.3, 0.4) is 0 Å². The van der Waals surface area contributed by atoms with E-state index in [1.807, 2.05) is 11.9 Å². The summed E-state index contributed by atoms with van der Waals surface area (Å²) in [5, 5.41) is 12.5. The lowest BCUT2D eigenvalue weighted by molar-refractivity contribution is -0.145. The first-order chi connectivity index (χ1) is 7.68. The van der Waals surface area contributed by atoms with Crippen molar-refractivity contribution in [2.24, 2.45) is 0 Å². The monoisotopic (exact) mass is 227 g/mol. The van der Waals surface area contributed by atoms with Crippen molar-refractivity contribution in [3.8, 4) is 0 Å². The molecule has 0 amide bonds. The minimum Gasteiger partial charge on any atom is -0.480 e. The highest BCUT2D eigenvalue weighted by Crippen LogP contribution is 2.17. The van der Waals surface area contributed by atoms with Gasteiger partial charge in [0.05, 0.1) is 0 Å². The zero-order valence-electron chi connectivity index (χ0n) is 9.85. The summed E-state index contributed by atoms with van der Waals surface area (Å²) >= 11 is 0. The van der Waals surface area contributed by atoms with Crippen LogP contribution in [0.5, 0.6) is 0 Å². The summed E-state index contributed by atoms with van der Waals surface area (Å²) in [6.45, 7) is 4.67. The first kappa shape index (κ1) is 11.8. The Morgan fingerprint density at radius 1 is 1.31 bits per heavy atom. The van der Waals surface area contributed by atoms with Crippen molar-refractivity contribution >= 4 is 5.97 Å². The van der Waals surface area contributed by atoms with Gasteiger partial charge in [-0.05, 0) is 33.0 Å². The van der Waals surface area contributed by atoms with Gasteiger partial charge in [-0.2, -0.15) is 0 Å². The van der Waals surface area contributed by atoms with E-state index in [2.05, 4.69) is 10.2 Å². The lowest BCUT2D eigenvalue weighted by Crippen LogP contribution is -2.58. The number of carbonyl (C=O) groups is 1. The van der Waals surface area contributed by atoms with E-state index in [-0.39, 0.29) is 6.04 Å². The van der Waals surface area contributed by atoms with Crippen LogP contribution in [0.2, 0.25) is 0 Å². The minimum atomic E-state index is -0.693. The summed E-state index contributed by atoms with van der Waals surface area (Å²) in [5.41, 5.74) is 0. The molecule has 16 heavy (non-hydrogen) atoms.